The first-order valence-corrected chi connectivity index (χ1v) is 3.67. The molecule has 0 amide bonds. The third-order valence-electron chi connectivity index (χ3n) is 1.65. The maximum Gasteiger partial charge on any atom is 0.406 e. The lowest BCUT2D eigenvalue weighted by Gasteiger charge is -2.07. The topological polar surface area (TPSA) is 85.5 Å². The van der Waals surface area contributed by atoms with E-state index in [2.05, 4.69) is 9.72 Å². The molecule has 0 aliphatic heterocycles. The van der Waals surface area contributed by atoms with Crippen LogP contribution in [0.2, 0.25) is 0 Å². The van der Waals surface area contributed by atoms with Crippen LogP contribution < -0.4 is 4.74 Å². The van der Waals surface area contributed by atoms with E-state index in [1.165, 1.54) is 0 Å². The second-order valence-corrected chi connectivity index (χ2v) is 2.47. The number of nitro groups is 1. The number of aromatic nitrogens is 1. The Labute approximate surface area is 82.3 Å². The highest BCUT2D eigenvalue weighted by Crippen LogP contribution is 2.40. The number of alkyl halides is 2. The number of nitrogens with zero attached hydrogens (tertiary/aromatic N) is 2. The van der Waals surface area contributed by atoms with E-state index in [1.807, 2.05) is 0 Å². The summed E-state index contributed by atoms with van der Waals surface area (Å²) in [4.78, 5) is 12.4. The lowest BCUT2D eigenvalue weighted by molar-refractivity contribution is -0.390. The zero-order chi connectivity index (χ0) is 11.6. The predicted molar refractivity (Wildman–Crippen MR) is 44.1 cm³/mol. The van der Waals surface area contributed by atoms with Gasteiger partial charge in [-0.1, -0.05) is 0 Å². The summed E-state index contributed by atoms with van der Waals surface area (Å²) in [6.45, 7) is 0. The van der Waals surface area contributed by atoms with Crippen LogP contribution in [0.5, 0.6) is 11.5 Å². The number of halogens is 2. The molecule has 0 fully saturated rings. The Morgan fingerprint density at radius 2 is 2.27 bits per heavy atom. The molecule has 15 heavy (non-hydrogen) atoms. The quantitative estimate of drug-likeness (QED) is 0.618. The number of pyridine rings is 1. The monoisotopic (exact) mass is 220 g/mol. The summed E-state index contributed by atoms with van der Waals surface area (Å²) in [5, 5.41) is 19.5. The molecule has 0 atom stereocenters. The van der Waals surface area contributed by atoms with Gasteiger partial charge in [0.05, 0.1) is 7.11 Å². The summed E-state index contributed by atoms with van der Waals surface area (Å²) in [6, 6.07) is 0. The average molecular weight is 220 g/mol. The van der Waals surface area contributed by atoms with Crippen molar-refractivity contribution >= 4 is 5.82 Å². The first-order valence-electron chi connectivity index (χ1n) is 3.67. The molecule has 0 bridgehead atoms. The van der Waals surface area contributed by atoms with Gasteiger partial charge in [0, 0.05) is 0 Å². The van der Waals surface area contributed by atoms with Crippen LogP contribution in [-0.4, -0.2) is 22.1 Å². The van der Waals surface area contributed by atoms with Gasteiger partial charge in [0.15, 0.2) is 11.9 Å². The van der Waals surface area contributed by atoms with Gasteiger partial charge in [-0.3, -0.25) is 0 Å². The molecule has 0 saturated carbocycles. The molecule has 0 saturated heterocycles. The number of hydrogen-bond donors (Lipinski definition) is 1. The number of ether oxygens (including phenoxy) is 1. The second kappa shape index (κ2) is 4.03. The molecule has 0 aliphatic rings. The second-order valence-electron chi connectivity index (χ2n) is 2.47. The Balaban J connectivity index is 3.42. The average Bonchev–Trinajstić information content (AvgIpc) is 2.15. The first kappa shape index (κ1) is 11.1. The van der Waals surface area contributed by atoms with Crippen LogP contribution >= 0.6 is 0 Å². The fraction of sp³-hybridized carbons (Fsp3) is 0.286. The molecule has 0 unspecified atom stereocenters. The molecule has 1 N–H and O–H groups in total. The normalized spacial score (nSPS) is 10.4. The standard InChI is InChI=1S/C7H6F2N2O4/c1-15-3-2-10-7(11(13)14)5(12)4(3)6(8)9/h2,6,12H,1H3. The van der Waals surface area contributed by atoms with Crippen molar-refractivity contribution < 1.29 is 23.5 Å². The predicted octanol–water partition coefficient (Wildman–Crippen LogP) is 1.64. The summed E-state index contributed by atoms with van der Waals surface area (Å²) in [6.07, 6.45) is -2.32. The lowest BCUT2D eigenvalue weighted by Crippen LogP contribution is -1.99. The van der Waals surface area contributed by atoms with Gasteiger partial charge in [0.1, 0.15) is 5.56 Å². The summed E-state index contributed by atoms with van der Waals surface area (Å²) < 4.78 is 29.4. The fourth-order valence-electron chi connectivity index (χ4n) is 0.995. The molecule has 1 aromatic rings. The fourth-order valence-corrected chi connectivity index (χ4v) is 0.995. The summed E-state index contributed by atoms with van der Waals surface area (Å²) in [7, 11) is 1.09. The summed E-state index contributed by atoms with van der Waals surface area (Å²) in [5.41, 5.74) is -0.931. The van der Waals surface area contributed by atoms with Crippen molar-refractivity contribution in [2.24, 2.45) is 0 Å². The third-order valence-corrected chi connectivity index (χ3v) is 1.65. The Morgan fingerprint density at radius 1 is 1.67 bits per heavy atom. The van der Waals surface area contributed by atoms with E-state index in [0.29, 0.717) is 0 Å². The van der Waals surface area contributed by atoms with E-state index in [9.17, 15) is 24.0 Å². The molecule has 0 spiro atoms. The number of methoxy groups -OCH3 is 1. The van der Waals surface area contributed by atoms with Crippen LogP contribution in [0.4, 0.5) is 14.6 Å². The van der Waals surface area contributed by atoms with Crippen molar-refractivity contribution in [1.82, 2.24) is 4.98 Å². The van der Waals surface area contributed by atoms with Crippen molar-refractivity contribution in [3.05, 3.63) is 21.9 Å². The van der Waals surface area contributed by atoms with Crippen molar-refractivity contribution in [3.8, 4) is 11.5 Å². The SMILES string of the molecule is COc1cnc([N+](=O)[O-])c(O)c1C(F)F. The zero-order valence-corrected chi connectivity index (χ0v) is 7.48. The molecule has 1 rings (SSSR count). The molecule has 1 aromatic heterocycles. The lowest BCUT2D eigenvalue weighted by atomic mass is 10.2. The van der Waals surface area contributed by atoms with Crippen molar-refractivity contribution in [1.29, 1.82) is 0 Å². The van der Waals surface area contributed by atoms with E-state index < -0.39 is 34.2 Å². The Morgan fingerprint density at radius 3 is 2.67 bits per heavy atom. The Bertz CT molecular complexity index is 397. The van der Waals surface area contributed by atoms with E-state index in [4.69, 9.17) is 0 Å². The molecule has 0 aliphatic carbocycles. The molecule has 82 valence electrons. The minimum atomic E-state index is -3.08. The molecule has 8 heteroatoms. The molecular weight excluding hydrogens is 214 g/mol. The first-order chi connectivity index (χ1) is 6.99. The highest BCUT2D eigenvalue weighted by atomic mass is 19.3. The highest BCUT2D eigenvalue weighted by molar-refractivity contribution is 5.52. The van der Waals surface area contributed by atoms with Crippen LogP contribution in [0, 0.1) is 10.1 Å². The number of rotatable bonds is 3. The van der Waals surface area contributed by atoms with Crippen molar-refractivity contribution in [2.45, 2.75) is 6.43 Å². The van der Waals surface area contributed by atoms with Crippen molar-refractivity contribution in [3.63, 3.8) is 0 Å². The van der Waals surface area contributed by atoms with Crippen LogP contribution in [-0.2, 0) is 0 Å². The molecule has 6 nitrogen and oxygen atoms in total. The largest absolute Gasteiger partial charge is 0.501 e. The van der Waals surface area contributed by atoms with Gasteiger partial charge in [0.2, 0.25) is 5.75 Å². The van der Waals surface area contributed by atoms with Gasteiger partial charge in [0.25, 0.3) is 6.43 Å². The number of hydrogen-bond acceptors (Lipinski definition) is 5. The maximum atomic E-state index is 12.4. The van der Waals surface area contributed by atoms with E-state index in [0.717, 1.165) is 13.3 Å². The number of aromatic hydroxyl groups is 1. The van der Waals surface area contributed by atoms with E-state index in [1.54, 1.807) is 0 Å². The van der Waals surface area contributed by atoms with Gasteiger partial charge in [-0.15, -0.1) is 0 Å². The Kier molecular flexibility index (Phi) is 2.98. The van der Waals surface area contributed by atoms with Crippen LogP contribution in [0.1, 0.15) is 12.0 Å². The van der Waals surface area contributed by atoms with Crippen LogP contribution in [0.3, 0.4) is 0 Å². The van der Waals surface area contributed by atoms with E-state index in [-0.39, 0.29) is 0 Å². The molecular formula is C7H6F2N2O4. The van der Waals surface area contributed by atoms with Gasteiger partial charge in [-0.05, 0) is 9.91 Å². The summed E-state index contributed by atoms with van der Waals surface area (Å²) in [5.74, 6) is -2.59. The van der Waals surface area contributed by atoms with Gasteiger partial charge < -0.3 is 20.0 Å². The van der Waals surface area contributed by atoms with E-state index >= 15 is 0 Å². The molecule has 0 aromatic carbocycles. The summed E-state index contributed by atoms with van der Waals surface area (Å²) >= 11 is 0. The zero-order valence-electron chi connectivity index (χ0n) is 7.48. The highest BCUT2D eigenvalue weighted by Gasteiger charge is 2.28. The molecule has 0 radical (unpaired) electrons. The molecule has 1 heterocycles. The van der Waals surface area contributed by atoms with Crippen LogP contribution in [0.25, 0.3) is 0 Å². The van der Waals surface area contributed by atoms with Crippen molar-refractivity contribution in [2.75, 3.05) is 7.11 Å². The third kappa shape index (κ3) is 1.92. The Hall–Kier alpha value is -1.99. The minimum absolute atomic E-state index is 0.395. The van der Waals surface area contributed by atoms with Crippen LogP contribution in [0.15, 0.2) is 6.20 Å². The smallest absolute Gasteiger partial charge is 0.406 e. The minimum Gasteiger partial charge on any atom is -0.501 e. The van der Waals surface area contributed by atoms with Gasteiger partial charge in [-0.2, -0.15) is 0 Å². The van der Waals surface area contributed by atoms with Gasteiger partial charge in [-0.25, -0.2) is 8.78 Å². The maximum absolute atomic E-state index is 12.4. The van der Waals surface area contributed by atoms with Gasteiger partial charge >= 0.3 is 5.82 Å².